The second-order valence-electron chi connectivity index (χ2n) is 5.65. The number of hydrogen-bond donors (Lipinski definition) is 2. The number of aryl methyl sites for hydroxylation is 1. The molecule has 1 aliphatic rings. The highest BCUT2D eigenvalue weighted by Crippen LogP contribution is 2.24. The molecule has 7 heteroatoms. The molecule has 6 nitrogen and oxygen atoms in total. The fraction of sp³-hybridized carbons (Fsp3) is 0.562. The monoisotopic (exact) mass is 434 g/mol. The summed E-state index contributed by atoms with van der Waals surface area (Å²) < 4.78 is 11.2. The van der Waals surface area contributed by atoms with Gasteiger partial charge in [0, 0.05) is 19.6 Å². The van der Waals surface area contributed by atoms with Gasteiger partial charge in [-0.2, -0.15) is 0 Å². The van der Waals surface area contributed by atoms with E-state index in [-0.39, 0.29) is 30.0 Å². The molecule has 1 aromatic heterocycles. The van der Waals surface area contributed by atoms with E-state index in [0.717, 1.165) is 43.4 Å². The first-order valence-corrected chi connectivity index (χ1v) is 7.62. The zero-order valence-electron chi connectivity index (χ0n) is 13.9. The highest BCUT2D eigenvalue weighted by atomic mass is 127. The number of nitrogens with one attached hydrogen (secondary N) is 1. The summed E-state index contributed by atoms with van der Waals surface area (Å²) in [5.41, 5.74) is 6.93. The van der Waals surface area contributed by atoms with Crippen LogP contribution in [0.5, 0.6) is 0 Å². The molecule has 1 unspecified atom stereocenters. The number of hydrogen-bond acceptors (Lipinski definition) is 4. The van der Waals surface area contributed by atoms with Crippen molar-refractivity contribution in [2.75, 3.05) is 39.4 Å². The van der Waals surface area contributed by atoms with Crippen LogP contribution in [0.3, 0.4) is 0 Å². The predicted molar refractivity (Wildman–Crippen MR) is 103 cm³/mol. The van der Waals surface area contributed by atoms with Crippen molar-refractivity contribution in [2.24, 2.45) is 10.7 Å². The summed E-state index contributed by atoms with van der Waals surface area (Å²) >= 11 is 0. The molecule has 23 heavy (non-hydrogen) atoms. The topological polar surface area (TPSA) is 76.0 Å². The Morgan fingerprint density at radius 2 is 2.13 bits per heavy atom. The van der Waals surface area contributed by atoms with Crippen LogP contribution in [0.1, 0.15) is 24.5 Å². The van der Waals surface area contributed by atoms with Gasteiger partial charge in [0.25, 0.3) is 0 Å². The van der Waals surface area contributed by atoms with Gasteiger partial charge in [-0.15, -0.1) is 24.0 Å². The van der Waals surface area contributed by atoms with E-state index in [1.165, 1.54) is 0 Å². The highest BCUT2D eigenvalue weighted by molar-refractivity contribution is 14.0. The average molecular weight is 434 g/mol. The maximum Gasteiger partial charge on any atom is 0.188 e. The summed E-state index contributed by atoms with van der Waals surface area (Å²) in [6.45, 7) is 12.2. The first-order chi connectivity index (χ1) is 10.6. The van der Waals surface area contributed by atoms with E-state index in [1.807, 2.05) is 26.0 Å². The molecule has 2 rings (SSSR count). The Labute approximate surface area is 155 Å². The first-order valence-electron chi connectivity index (χ1n) is 7.62. The molecule has 0 radical (unpaired) electrons. The van der Waals surface area contributed by atoms with Crippen LogP contribution < -0.4 is 11.1 Å². The van der Waals surface area contributed by atoms with E-state index in [9.17, 15) is 0 Å². The summed E-state index contributed by atoms with van der Waals surface area (Å²) in [6, 6.07) is 4.08. The number of nitrogens with two attached hydrogens (primary N) is 1. The SMILES string of the molecule is C=C(C)CNC(N)=NCC(c1ccc(C)o1)N1CCOCC1.I. The number of guanidine groups is 1. The lowest BCUT2D eigenvalue weighted by Crippen LogP contribution is -2.41. The van der Waals surface area contributed by atoms with Gasteiger partial charge >= 0.3 is 0 Å². The molecule has 0 bridgehead atoms. The third-order valence-corrected chi connectivity index (χ3v) is 3.58. The van der Waals surface area contributed by atoms with Crippen LogP contribution in [0, 0.1) is 6.92 Å². The molecule has 0 amide bonds. The zero-order chi connectivity index (χ0) is 15.9. The highest BCUT2D eigenvalue weighted by Gasteiger charge is 2.25. The van der Waals surface area contributed by atoms with E-state index in [4.69, 9.17) is 14.9 Å². The zero-order valence-corrected chi connectivity index (χ0v) is 16.2. The van der Waals surface area contributed by atoms with Gasteiger partial charge in [-0.05, 0) is 26.0 Å². The lowest BCUT2D eigenvalue weighted by atomic mass is 10.1. The van der Waals surface area contributed by atoms with Crippen molar-refractivity contribution in [1.29, 1.82) is 0 Å². The first kappa shape index (κ1) is 20.0. The molecule has 1 aromatic rings. The third kappa shape index (κ3) is 6.52. The van der Waals surface area contributed by atoms with Gasteiger partial charge < -0.3 is 20.2 Å². The number of furan rings is 1. The van der Waals surface area contributed by atoms with Crippen LogP contribution in [-0.2, 0) is 4.74 Å². The molecule has 1 atom stereocenters. The minimum Gasteiger partial charge on any atom is -0.465 e. The maximum absolute atomic E-state index is 5.91. The Bertz CT molecular complexity index is 524. The van der Waals surface area contributed by atoms with E-state index in [0.29, 0.717) is 19.0 Å². The summed E-state index contributed by atoms with van der Waals surface area (Å²) in [7, 11) is 0. The molecule has 130 valence electrons. The van der Waals surface area contributed by atoms with Gasteiger partial charge in [0.05, 0.1) is 25.8 Å². The van der Waals surface area contributed by atoms with Crippen molar-refractivity contribution in [1.82, 2.24) is 10.2 Å². The Hall–Kier alpha value is -1.06. The van der Waals surface area contributed by atoms with Crippen molar-refractivity contribution < 1.29 is 9.15 Å². The Kier molecular flexibility index (Phi) is 8.64. The molecular formula is C16H27IN4O2. The fourth-order valence-electron chi connectivity index (χ4n) is 2.39. The van der Waals surface area contributed by atoms with Crippen LogP contribution >= 0.6 is 24.0 Å². The largest absolute Gasteiger partial charge is 0.465 e. The van der Waals surface area contributed by atoms with Crippen molar-refractivity contribution in [2.45, 2.75) is 19.9 Å². The van der Waals surface area contributed by atoms with E-state index >= 15 is 0 Å². The molecule has 0 saturated carbocycles. The van der Waals surface area contributed by atoms with Gasteiger partial charge in [0.15, 0.2) is 5.96 Å². The molecule has 1 fully saturated rings. The van der Waals surface area contributed by atoms with E-state index in [1.54, 1.807) is 0 Å². The van der Waals surface area contributed by atoms with Gasteiger partial charge in [-0.3, -0.25) is 9.89 Å². The Morgan fingerprint density at radius 1 is 1.43 bits per heavy atom. The Morgan fingerprint density at radius 3 is 2.70 bits per heavy atom. The average Bonchev–Trinajstić information content (AvgIpc) is 2.93. The molecule has 0 aliphatic carbocycles. The molecule has 2 heterocycles. The van der Waals surface area contributed by atoms with Crippen molar-refractivity contribution in [3.63, 3.8) is 0 Å². The molecular weight excluding hydrogens is 407 g/mol. The van der Waals surface area contributed by atoms with Gasteiger partial charge in [0.1, 0.15) is 11.5 Å². The Balaban J connectivity index is 0.00000264. The van der Waals surface area contributed by atoms with Crippen LogP contribution in [-0.4, -0.2) is 50.3 Å². The van der Waals surface area contributed by atoms with E-state index < -0.39 is 0 Å². The maximum atomic E-state index is 5.91. The standard InChI is InChI=1S/C16H26N4O2.HI/c1-12(2)10-18-16(17)19-11-14(15-5-4-13(3)22-15)20-6-8-21-9-7-20;/h4-5,14H,1,6-11H2,2-3H3,(H3,17,18,19);1H. The number of rotatable bonds is 6. The molecule has 0 spiro atoms. The minimum atomic E-state index is 0. The number of nitrogens with zero attached hydrogens (tertiary/aromatic N) is 2. The summed E-state index contributed by atoms with van der Waals surface area (Å²) in [6.07, 6.45) is 0. The number of halogens is 1. The lowest BCUT2D eigenvalue weighted by molar-refractivity contribution is 0.0135. The van der Waals surface area contributed by atoms with Gasteiger partial charge in [-0.1, -0.05) is 12.2 Å². The molecule has 0 aromatic carbocycles. The number of morpholine rings is 1. The quantitative estimate of drug-likeness (QED) is 0.310. The molecule has 3 N–H and O–H groups in total. The smallest absolute Gasteiger partial charge is 0.188 e. The van der Waals surface area contributed by atoms with Gasteiger partial charge in [0.2, 0.25) is 0 Å². The van der Waals surface area contributed by atoms with Crippen LogP contribution in [0.25, 0.3) is 0 Å². The predicted octanol–water partition coefficient (Wildman–Crippen LogP) is 2.06. The molecule has 1 saturated heterocycles. The minimum absolute atomic E-state index is 0. The second kappa shape index (κ2) is 9.94. The van der Waals surface area contributed by atoms with Gasteiger partial charge in [-0.25, -0.2) is 0 Å². The fourth-order valence-corrected chi connectivity index (χ4v) is 2.39. The number of ether oxygens (including phenoxy) is 1. The third-order valence-electron chi connectivity index (χ3n) is 3.58. The molecule has 1 aliphatic heterocycles. The number of aliphatic imine (C=N–C) groups is 1. The normalized spacial score (nSPS) is 17.4. The summed E-state index contributed by atoms with van der Waals surface area (Å²) in [5.74, 6) is 2.27. The van der Waals surface area contributed by atoms with Crippen LogP contribution in [0.2, 0.25) is 0 Å². The van der Waals surface area contributed by atoms with Crippen LogP contribution in [0.15, 0.2) is 33.7 Å². The van der Waals surface area contributed by atoms with Crippen LogP contribution in [0.4, 0.5) is 0 Å². The van der Waals surface area contributed by atoms with E-state index in [2.05, 4.69) is 21.8 Å². The van der Waals surface area contributed by atoms with Crippen molar-refractivity contribution >= 4 is 29.9 Å². The van der Waals surface area contributed by atoms with Crippen molar-refractivity contribution in [3.05, 3.63) is 35.8 Å². The van der Waals surface area contributed by atoms with Crippen molar-refractivity contribution in [3.8, 4) is 0 Å². The lowest BCUT2D eigenvalue weighted by Gasteiger charge is -2.32. The second-order valence-corrected chi connectivity index (χ2v) is 5.65. The summed E-state index contributed by atoms with van der Waals surface area (Å²) in [4.78, 5) is 6.79. The summed E-state index contributed by atoms with van der Waals surface area (Å²) in [5, 5.41) is 3.05.